The van der Waals surface area contributed by atoms with Gasteiger partial charge in [0.05, 0.1) is 11.7 Å². The molecule has 34 heavy (non-hydrogen) atoms. The van der Waals surface area contributed by atoms with Gasteiger partial charge in [-0.05, 0) is 25.0 Å². The maximum absolute atomic E-state index is 12.9. The molecule has 7 N–H and O–H groups in total. The molecule has 2 atom stereocenters. The number of thiazole rings is 1. The molecule has 4 rings (SSSR count). The molecule has 178 valence electrons. The number of oxime groups is 1. The number of carboxylic acids is 1. The lowest BCUT2D eigenvalue weighted by Gasteiger charge is -2.50. The molecule has 0 saturated carbocycles. The Morgan fingerprint density at radius 2 is 2.21 bits per heavy atom. The van der Waals surface area contributed by atoms with E-state index in [-0.39, 0.29) is 27.4 Å². The maximum atomic E-state index is 12.9. The van der Waals surface area contributed by atoms with Crippen LogP contribution in [0, 0.1) is 0 Å². The second-order valence-electron chi connectivity index (χ2n) is 7.22. The SMILES string of the molecule is NCc1ncccc1SC1=C(C(=O)O)N2C(=O)C(NC(=O)/C(=N\O)c3nc(N)sc3Cl)C2CC1. The zero-order valence-electron chi connectivity index (χ0n) is 17.3. The summed E-state index contributed by atoms with van der Waals surface area (Å²) in [4.78, 5) is 48.1. The summed E-state index contributed by atoms with van der Waals surface area (Å²) in [5, 5.41) is 24.7. The van der Waals surface area contributed by atoms with Crippen molar-refractivity contribution < 1.29 is 24.7 Å². The molecule has 0 radical (unpaired) electrons. The van der Waals surface area contributed by atoms with E-state index in [0.717, 1.165) is 11.3 Å². The number of nitrogens with one attached hydrogen (secondary N) is 1. The number of fused-ring (bicyclic) bond motifs is 1. The lowest BCUT2D eigenvalue weighted by Crippen LogP contribution is -2.72. The first kappa shape index (κ1) is 23.9. The van der Waals surface area contributed by atoms with Crippen LogP contribution < -0.4 is 16.8 Å². The van der Waals surface area contributed by atoms with E-state index in [2.05, 4.69) is 20.4 Å². The van der Waals surface area contributed by atoms with Crippen LogP contribution in [0.15, 0.2) is 39.0 Å². The second-order valence-corrected chi connectivity index (χ2v) is 9.99. The van der Waals surface area contributed by atoms with Gasteiger partial charge < -0.3 is 27.1 Å². The van der Waals surface area contributed by atoms with Crippen molar-refractivity contribution in [3.63, 3.8) is 0 Å². The van der Waals surface area contributed by atoms with Crippen molar-refractivity contribution in [2.45, 2.75) is 36.4 Å². The van der Waals surface area contributed by atoms with Gasteiger partial charge in [0, 0.05) is 22.5 Å². The molecule has 2 aromatic rings. The van der Waals surface area contributed by atoms with Crippen LogP contribution >= 0.6 is 34.7 Å². The van der Waals surface area contributed by atoms with Crippen molar-refractivity contribution in [2.75, 3.05) is 5.73 Å². The summed E-state index contributed by atoms with van der Waals surface area (Å²) in [6.45, 7) is 0.182. The summed E-state index contributed by atoms with van der Waals surface area (Å²) < 4.78 is 0.0460. The molecule has 12 nitrogen and oxygen atoms in total. The number of aromatic nitrogens is 2. The predicted molar refractivity (Wildman–Crippen MR) is 124 cm³/mol. The number of hydrogen-bond acceptors (Lipinski definition) is 11. The van der Waals surface area contributed by atoms with E-state index in [9.17, 15) is 24.7 Å². The summed E-state index contributed by atoms with van der Waals surface area (Å²) in [6, 6.07) is 1.92. The van der Waals surface area contributed by atoms with E-state index < -0.39 is 35.6 Å². The molecular weight excluding hydrogens is 506 g/mol. The summed E-state index contributed by atoms with van der Waals surface area (Å²) in [5.41, 5.74) is 11.1. The van der Waals surface area contributed by atoms with Crippen molar-refractivity contribution in [2.24, 2.45) is 10.9 Å². The highest BCUT2D eigenvalue weighted by Crippen LogP contribution is 2.43. The van der Waals surface area contributed by atoms with Crippen molar-refractivity contribution in [1.82, 2.24) is 20.2 Å². The number of halogens is 1. The Hall–Kier alpha value is -3.20. The number of carbonyl (C=O) groups is 3. The number of pyridine rings is 1. The highest BCUT2D eigenvalue weighted by Gasteiger charge is 2.54. The number of nitrogens with zero attached hydrogens (tertiary/aromatic N) is 4. The van der Waals surface area contributed by atoms with E-state index >= 15 is 0 Å². The maximum Gasteiger partial charge on any atom is 0.353 e. The predicted octanol–water partition coefficient (Wildman–Crippen LogP) is 0.989. The van der Waals surface area contributed by atoms with E-state index in [0.29, 0.717) is 28.3 Å². The van der Waals surface area contributed by atoms with Gasteiger partial charge in [0.2, 0.25) is 0 Å². The Kier molecular flexibility index (Phi) is 6.74. The van der Waals surface area contributed by atoms with Crippen LogP contribution in [0.3, 0.4) is 0 Å². The largest absolute Gasteiger partial charge is 0.477 e. The second kappa shape index (κ2) is 9.58. The lowest BCUT2D eigenvalue weighted by molar-refractivity contribution is -0.155. The first-order chi connectivity index (χ1) is 16.3. The van der Waals surface area contributed by atoms with Crippen LogP contribution in [0.25, 0.3) is 0 Å². The third-order valence-electron chi connectivity index (χ3n) is 5.30. The van der Waals surface area contributed by atoms with Gasteiger partial charge in [0.25, 0.3) is 11.8 Å². The number of β-lactam (4-membered cyclic amide) rings is 1. The van der Waals surface area contributed by atoms with Gasteiger partial charge in [0.15, 0.2) is 10.8 Å². The normalized spacial score (nSPS) is 20.1. The molecule has 2 amide bonds. The number of nitrogen functional groups attached to an aromatic ring is 1. The number of thioether (sulfide) groups is 1. The van der Waals surface area contributed by atoms with Gasteiger partial charge in [-0.25, -0.2) is 9.78 Å². The molecule has 2 aliphatic heterocycles. The Balaban J connectivity index is 1.55. The van der Waals surface area contributed by atoms with Crippen LogP contribution in [0.2, 0.25) is 4.34 Å². The van der Waals surface area contributed by atoms with Gasteiger partial charge in [0.1, 0.15) is 21.8 Å². The topological polar surface area (TPSA) is 197 Å². The molecule has 0 bridgehead atoms. The number of carbonyl (C=O) groups excluding carboxylic acids is 2. The molecule has 2 unspecified atom stereocenters. The lowest BCUT2D eigenvalue weighted by atomic mass is 9.86. The first-order valence-corrected chi connectivity index (χ1v) is 11.8. The molecule has 2 aromatic heterocycles. The minimum absolute atomic E-state index is 0.0460. The minimum Gasteiger partial charge on any atom is -0.477 e. The fourth-order valence-electron chi connectivity index (χ4n) is 3.80. The summed E-state index contributed by atoms with van der Waals surface area (Å²) in [6.07, 6.45) is 2.37. The van der Waals surface area contributed by atoms with Gasteiger partial charge in [-0.2, -0.15) is 0 Å². The highest BCUT2D eigenvalue weighted by atomic mass is 35.5. The van der Waals surface area contributed by atoms with Crippen LogP contribution in [-0.4, -0.2) is 60.8 Å². The van der Waals surface area contributed by atoms with E-state index in [4.69, 9.17) is 23.1 Å². The van der Waals surface area contributed by atoms with Crippen molar-refractivity contribution in [3.8, 4) is 0 Å². The zero-order valence-corrected chi connectivity index (χ0v) is 19.7. The van der Waals surface area contributed by atoms with Gasteiger partial charge in [-0.15, -0.1) is 0 Å². The molecule has 0 spiro atoms. The molecule has 0 aromatic carbocycles. The number of rotatable bonds is 7. The smallest absolute Gasteiger partial charge is 0.353 e. The fraction of sp³-hybridized carbons (Fsp3) is 0.263. The van der Waals surface area contributed by atoms with E-state index in [1.807, 2.05) is 0 Å². The van der Waals surface area contributed by atoms with Crippen molar-refractivity contribution in [1.29, 1.82) is 0 Å². The number of allylic oxidation sites excluding steroid dienone is 1. The quantitative estimate of drug-likeness (QED) is 0.151. The number of aliphatic carboxylic acids is 1. The monoisotopic (exact) mass is 523 g/mol. The third-order valence-corrected chi connectivity index (χ3v) is 7.62. The molecule has 4 heterocycles. The molecule has 0 aliphatic carbocycles. The van der Waals surface area contributed by atoms with E-state index in [1.54, 1.807) is 18.3 Å². The number of amides is 2. The molecule has 15 heteroatoms. The van der Waals surface area contributed by atoms with Gasteiger partial charge >= 0.3 is 5.97 Å². The highest BCUT2D eigenvalue weighted by molar-refractivity contribution is 8.03. The van der Waals surface area contributed by atoms with E-state index in [1.165, 1.54) is 16.7 Å². The summed E-state index contributed by atoms with van der Waals surface area (Å²) in [7, 11) is 0. The number of nitrogens with two attached hydrogens (primary N) is 2. The first-order valence-electron chi connectivity index (χ1n) is 9.83. The number of anilines is 1. The molecular formula is C19H18ClN7O5S2. The van der Waals surface area contributed by atoms with Crippen LogP contribution in [-0.2, 0) is 20.9 Å². The molecule has 1 fully saturated rings. The fourth-order valence-corrected chi connectivity index (χ4v) is 5.90. The molecule has 1 saturated heterocycles. The van der Waals surface area contributed by atoms with Crippen molar-refractivity contribution in [3.05, 3.63) is 44.7 Å². The minimum atomic E-state index is -1.26. The Morgan fingerprint density at radius 3 is 2.82 bits per heavy atom. The zero-order chi connectivity index (χ0) is 24.6. The molecule has 2 aliphatic rings. The summed E-state index contributed by atoms with van der Waals surface area (Å²) >= 11 is 8.09. The Bertz CT molecular complexity index is 1250. The van der Waals surface area contributed by atoms with Crippen LogP contribution in [0.1, 0.15) is 24.2 Å². The average molecular weight is 524 g/mol. The van der Waals surface area contributed by atoms with Crippen LogP contribution in [0.4, 0.5) is 5.13 Å². The summed E-state index contributed by atoms with van der Waals surface area (Å²) in [5.74, 6) is -2.75. The Labute approximate surface area is 205 Å². The van der Waals surface area contributed by atoms with Gasteiger partial charge in [-0.3, -0.25) is 19.5 Å². The standard InChI is InChI=1S/C19H18ClN7O5S2/c20-15-12(25-19(22)34-15)13(26-32)16(28)24-11-8-3-4-10(14(18(30)31)27(8)17(11)29)33-9-2-1-5-23-7(9)6-21/h1-2,5,8,11,32H,3-4,6,21H2,(H2,22,25)(H,24,28)(H,30,31)/b26-13-. The Morgan fingerprint density at radius 1 is 1.44 bits per heavy atom. The third kappa shape index (κ3) is 4.20. The van der Waals surface area contributed by atoms with Crippen molar-refractivity contribution >= 4 is 63.3 Å². The number of hydrogen-bond donors (Lipinski definition) is 5. The van der Waals surface area contributed by atoms with Gasteiger partial charge in [-0.1, -0.05) is 39.9 Å². The number of carboxylic acid groups (broad SMARTS) is 1. The van der Waals surface area contributed by atoms with Crippen LogP contribution in [0.5, 0.6) is 0 Å². The average Bonchev–Trinajstić information content (AvgIpc) is 3.15.